The van der Waals surface area contributed by atoms with Crippen LogP contribution in [0.2, 0.25) is 0 Å². The van der Waals surface area contributed by atoms with Crippen LogP contribution in [0.25, 0.3) is 0 Å². The van der Waals surface area contributed by atoms with E-state index in [-0.39, 0.29) is 13.8 Å². The van der Waals surface area contributed by atoms with Crippen molar-refractivity contribution >= 4 is 17.7 Å². The molecule has 60 valence electrons. The van der Waals surface area contributed by atoms with Gasteiger partial charge in [0.1, 0.15) is 0 Å². The van der Waals surface area contributed by atoms with E-state index >= 15 is 0 Å². The van der Waals surface area contributed by atoms with Crippen LogP contribution in [0.3, 0.4) is 0 Å². The average Bonchev–Trinajstić information content (AvgIpc) is 1.82. The second-order valence-electron chi connectivity index (χ2n) is 1.62. The largest absolute Gasteiger partial charge is 0.547 e. The van der Waals surface area contributed by atoms with Gasteiger partial charge in [0, 0.05) is 7.43 Å². The highest BCUT2D eigenvalue weighted by molar-refractivity contribution is 7.98. The molecule has 0 aliphatic carbocycles. The van der Waals surface area contributed by atoms with Gasteiger partial charge < -0.3 is 15.0 Å². The lowest BCUT2D eigenvalue weighted by molar-refractivity contribution is -0.315. The molecule has 0 heterocycles. The van der Waals surface area contributed by atoms with Crippen molar-refractivity contribution in [2.75, 3.05) is 12.0 Å². The number of hydrogen-bond donors (Lipinski definition) is 1. The van der Waals surface area contributed by atoms with E-state index in [0.29, 0.717) is 5.75 Å². The van der Waals surface area contributed by atoms with E-state index in [9.17, 15) is 9.90 Å². The Morgan fingerprint density at radius 3 is 2.60 bits per heavy atom. The van der Waals surface area contributed by atoms with E-state index < -0.39 is 12.1 Å². The molecule has 0 aromatic carbocycles. The van der Waals surface area contributed by atoms with Gasteiger partial charge in [0.25, 0.3) is 0 Å². The molecule has 0 radical (unpaired) electrons. The van der Waals surface area contributed by atoms with Crippen LogP contribution in [0.15, 0.2) is 0 Å². The lowest BCUT2D eigenvalue weighted by Crippen LogP contribution is -2.35. The minimum atomic E-state index is -1.39. The van der Waals surface area contributed by atoms with Crippen molar-refractivity contribution in [3.63, 3.8) is 0 Å². The maximum atomic E-state index is 9.83. The first-order valence-corrected chi connectivity index (χ1v) is 3.95. The van der Waals surface area contributed by atoms with Crippen LogP contribution in [0, 0.1) is 7.43 Å². The number of aliphatic hydroxyl groups is 1. The molecule has 10 heavy (non-hydrogen) atoms. The van der Waals surface area contributed by atoms with Crippen molar-refractivity contribution in [1.29, 1.82) is 0 Å². The summed E-state index contributed by atoms with van der Waals surface area (Å²) in [5.74, 6) is -0.737. The number of carbonyl (C=O) groups is 1. The van der Waals surface area contributed by atoms with Crippen LogP contribution in [-0.2, 0) is 4.79 Å². The summed E-state index contributed by atoms with van der Waals surface area (Å²) in [6.07, 6.45) is 0.823. The number of carboxylic acids is 1. The van der Waals surface area contributed by atoms with Crippen LogP contribution >= 0.6 is 11.8 Å². The van der Waals surface area contributed by atoms with Gasteiger partial charge >= 0.3 is 0 Å². The van der Waals surface area contributed by atoms with Crippen molar-refractivity contribution < 1.29 is 15.0 Å². The zero-order valence-electron chi connectivity index (χ0n) is 6.16. The zero-order chi connectivity index (χ0) is 7.28. The Labute approximate surface area is 65.4 Å². The van der Waals surface area contributed by atoms with E-state index in [4.69, 9.17) is 5.11 Å². The fourth-order valence-electron chi connectivity index (χ4n) is 0.347. The molecule has 4 heteroatoms. The molecule has 0 aliphatic heterocycles. The third-order valence-corrected chi connectivity index (χ3v) is 1.51. The van der Waals surface area contributed by atoms with Crippen molar-refractivity contribution in [2.24, 2.45) is 0 Å². The minimum Gasteiger partial charge on any atom is -0.547 e. The number of aliphatic hydroxyl groups excluding tert-OH is 1. The molecular weight excluding hydrogens is 152 g/mol. The van der Waals surface area contributed by atoms with Gasteiger partial charge in [0.05, 0.1) is 12.1 Å². The summed E-state index contributed by atoms with van der Waals surface area (Å²) in [6.45, 7) is 0. The molecule has 0 fully saturated rings. The lowest BCUT2D eigenvalue weighted by atomic mass is 10.3. The van der Waals surface area contributed by atoms with E-state index in [0.717, 1.165) is 0 Å². The summed E-state index contributed by atoms with van der Waals surface area (Å²) in [5.41, 5.74) is 0. The zero-order valence-corrected chi connectivity index (χ0v) is 6.98. The van der Waals surface area contributed by atoms with E-state index in [1.807, 2.05) is 6.26 Å². The summed E-state index contributed by atoms with van der Waals surface area (Å²) in [7, 11) is 0. The topological polar surface area (TPSA) is 60.4 Å². The Bertz CT molecular complexity index is 95.0. The number of thioether (sulfide) groups is 1. The molecule has 0 saturated carbocycles. The standard InChI is InChI=1S/C5H10O3S.CH3/c1-9-3-2-4(6)5(7)8;/h4,6H,2-3H2,1H3,(H,7,8);1H3/q;+1/p-1. The smallest absolute Gasteiger partial charge is 0.0941 e. The number of hydrogen-bond acceptors (Lipinski definition) is 4. The number of carboxylic acid groups (broad SMARTS) is 1. The lowest BCUT2D eigenvalue weighted by Gasteiger charge is -2.08. The second-order valence-corrected chi connectivity index (χ2v) is 2.60. The number of aliphatic carboxylic acids is 1. The van der Waals surface area contributed by atoms with Crippen molar-refractivity contribution in [3.05, 3.63) is 7.43 Å². The van der Waals surface area contributed by atoms with Crippen LogP contribution in [-0.4, -0.2) is 29.2 Å². The van der Waals surface area contributed by atoms with Gasteiger partial charge in [-0.25, -0.2) is 0 Å². The Balaban J connectivity index is 0. The molecule has 0 saturated heterocycles. The third-order valence-electron chi connectivity index (χ3n) is 0.867. The molecule has 0 amide bonds. The molecule has 1 N–H and O–H groups in total. The van der Waals surface area contributed by atoms with Crippen LogP contribution in [0.4, 0.5) is 0 Å². The SMILES string of the molecule is CSCCC(O)C(=O)[O-].[CH3+]. The highest BCUT2D eigenvalue weighted by Gasteiger charge is 2.01. The molecule has 0 spiro atoms. The maximum absolute atomic E-state index is 9.83. The second kappa shape index (κ2) is 6.77. The Morgan fingerprint density at radius 2 is 2.30 bits per heavy atom. The molecule has 0 aromatic rings. The first kappa shape index (κ1) is 12.3. The number of rotatable bonds is 4. The normalized spacial score (nSPS) is 11.8. The molecule has 3 nitrogen and oxygen atoms in total. The molecule has 0 rings (SSSR count). The molecule has 0 bridgehead atoms. The summed E-state index contributed by atoms with van der Waals surface area (Å²) < 4.78 is 0. The highest BCUT2D eigenvalue weighted by atomic mass is 32.2. The van der Waals surface area contributed by atoms with Crippen molar-refractivity contribution in [3.8, 4) is 0 Å². The summed E-state index contributed by atoms with van der Waals surface area (Å²) >= 11 is 1.50. The van der Waals surface area contributed by atoms with Gasteiger partial charge in [-0.05, 0) is 18.4 Å². The highest BCUT2D eigenvalue weighted by Crippen LogP contribution is 1.98. The minimum absolute atomic E-state index is 0. The third kappa shape index (κ3) is 5.78. The molecule has 1 atom stereocenters. The summed E-state index contributed by atoms with van der Waals surface area (Å²) in [6, 6.07) is 0. The fraction of sp³-hybridized carbons (Fsp3) is 0.667. The van der Waals surface area contributed by atoms with Gasteiger partial charge in [-0.15, -0.1) is 0 Å². The van der Waals surface area contributed by atoms with Crippen LogP contribution in [0.1, 0.15) is 6.42 Å². The average molecular weight is 164 g/mol. The molecule has 0 aliphatic rings. The monoisotopic (exact) mass is 164 g/mol. The van der Waals surface area contributed by atoms with Gasteiger partial charge in [0.2, 0.25) is 0 Å². The van der Waals surface area contributed by atoms with Gasteiger partial charge in [-0.3, -0.25) is 0 Å². The molecular formula is C6H12O3S. The van der Waals surface area contributed by atoms with Gasteiger partial charge in [-0.2, -0.15) is 11.8 Å². The van der Waals surface area contributed by atoms with Crippen molar-refractivity contribution in [1.82, 2.24) is 0 Å². The predicted molar refractivity (Wildman–Crippen MR) is 40.4 cm³/mol. The first-order valence-electron chi connectivity index (χ1n) is 2.56. The first-order chi connectivity index (χ1) is 4.18. The molecule has 1 unspecified atom stereocenters. The van der Waals surface area contributed by atoms with E-state index in [1.165, 1.54) is 11.8 Å². The van der Waals surface area contributed by atoms with Gasteiger partial charge in [0.15, 0.2) is 0 Å². The van der Waals surface area contributed by atoms with Crippen molar-refractivity contribution in [2.45, 2.75) is 12.5 Å². The maximum Gasteiger partial charge on any atom is 0.0941 e. The Kier molecular flexibility index (Phi) is 8.35. The summed E-state index contributed by atoms with van der Waals surface area (Å²) in [5, 5.41) is 18.4. The Hall–Kier alpha value is -0.350. The predicted octanol–water partition coefficient (Wildman–Crippen LogP) is -0.699. The van der Waals surface area contributed by atoms with Crippen LogP contribution in [0.5, 0.6) is 0 Å². The van der Waals surface area contributed by atoms with Gasteiger partial charge in [-0.1, -0.05) is 0 Å². The van der Waals surface area contributed by atoms with E-state index in [1.54, 1.807) is 0 Å². The van der Waals surface area contributed by atoms with E-state index in [2.05, 4.69) is 0 Å². The fourth-order valence-corrected chi connectivity index (χ4v) is 0.806. The van der Waals surface area contributed by atoms with Crippen LogP contribution < -0.4 is 5.11 Å². The Morgan fingerprint density at radius 1 is 1.80 bits per heavy atom. The quantitative estimate of drug-likeness (QED) is 0.558. The number of carbonyl (C=O) groups excluding carboxylic acids is 1. The summed E-state index contributed by atoms with van der Waals surface area (Å²) in [4.78, 5) is 9.83. The molecule has 0 aromatic heterocycles.